The van der Waals surface area contributed by atoms with Crippen LogP contribution in [-0.2, 0) is 9.53 Å². The summed E-state index contributed by atoms with van der Waals surface area (Å²) in [7, 11) is 1.29. The number of nitrogens with two attached hydrogens (primary N) is 1. The van der Waals surface area contributed by atoms with Crippen LogP contribution in [0.2, 0.25) is 0 Å². The van der Waals surface area contributed by atoms with Crippen molar-refractivity contribution in [1.82, 2.24) is 0 Å². The minimum Gasteiger partial charge on any atom is -0.493 e. The Balaban J connectivity index is 2.55. The van der Waals surface area contributed by atoms with Gasteiger partial charge in [0.2, 0.25) is 0 Å². The van der Waals surface area contributed by atoms with Crippen LogP contribution < -0.4 is 10.5 Å². The molecule has 0 saturated carbocycles. The predicted octanol–water partition coefficient (Wildman–Crippen LogP) is 1.95. The predicted molar refractivity (Wildman–Crippen MR) is 77.2 cm³/mol. The second-order valence-corrected chi connectivity index (χ2v) is 5.07. The molecule has 0 spiro atoms. The minimum absolute atomic E-state index is 0.0196. The molecule has 0 bridgehead atoms. The van der Waals surface area contributed by atoms with Gasteiger partial charge in [-0.2, -0.15) is 0 Å². The topological polar surface area (TPSA) is 105 Å². The standard InChI is InChI=1S/C14H20N2O5/c1-10-5-6-11(16(18)19)9-12(10)21-8-4-7-14(2,15)13(17)20-3/h5-6,9H,4,7-8,15H2,1-3H3. The zero-order valence-corrected chi connectivity index (χ0v) is 12.4. The van der Waals surface area contributed by atoms with Crippen LogP contribution in [0.15, 0.2) is 18.2 Å². The van der Waals surface area contributed by atoms with Crippen LogP contribution in [0.5, 0.6) is 5.75 Å². The Labute approximate surface area is 123 Å². The fourth-order valence-electron chi connectivity index (χ4n) is 1.81. The van der Waals surface area contributed by atoms with E-state index in [-0.39, 0.29) is 5.69 Å². The third kappa shape index (κ3) is 4.71. The summed E-state index contributed by atoms with van der Waals surface area (Å²) < 4.78 is 10.1. The zero-order chi connectivity index (χ0) is 16.0. The summed E-state index contributed by atoms with van der Waals surface area (Å²) in [5.74, 6) is -0.0185. The lowest BCUT2D eigenvalue weighted by Gasteiger charge is -2.21. The SMILES string of the molecule is COC(=O)C(C)(N)CCCOc1cc([N+](=O)[O-])ccc1C. The van der Waals surface area contributed by atoms with Gasteiger partial charge in [0.1, 0.15) is 11.3 Å². The van der Waals surface area contributed by atoms with E-state index in [0.717, 1.165) is 5.56 Å². The van der Waals surface area contributed by atoms with Crippen molar-refractivity contribution in [2.75, 3.05) is 13.7 Å². The van der Waals surface area contributed by atoms with Crippen LogP contribution in [-0.4, -0.2) is 30.1 Å². The van der Waals surface area contributed by atoms with Gasteiger partial charge < -0.3 is 15.2 Å². The molecule has 1 unspecified atom stereocenters. The third-order valence-corrected chi connectivity index (χ3v) is 3.13. The highest BCUT2D eigenvalue weighted by atomic mass is 16.6. The van der Waals surface area contributed by atoms with Crippen LogP contribution >= 0.6 is 0 Å². The van der Waals surface area contributed by atoms with Crippen LogP contribution in [0.3, 0.4) is 0 Å². The van der Waals surface area contributed by atoms with Gasteiger partial charge in [0.25, 0.3) is 5.69 Å². The van der Waals surface area contributed by atoms with Crippen molar-refractivity contribution in [3.05, 3.63) is 33.9 Å². The summed E-state index contributed by atoms with van der Waals surface area (Å²) in [6.07, 6.45) is 0.928. The number of methoxy groups -OCH3 is 1. The molecule has 0 aliphatic rings. The van der Waals surface area contributed by atoms with Gasteiger partial charge in [0.15, 0.2) is 0 Å². The molecule has 0 heterocycles. The number of nitro benzene ring substituents is 1. The maximum absolute atomic E-state index is 11.4. The van der Waals surface area contributed by atoms with E-state index >= 15 is 0 Å². The second-order valence-electron chi connectivity index (χ2n) is 5.07. The normalized spacial score (nSPS) is 13.3. The number of ether oxygens (including phenoxy) is 2. The van der Waals surface area contributed by atoms with E-state index in [1.54, 1.807) is 19.9 Å². The molecule has 0 amide bonds. The molecule has 0 saturated heterocycles. The Bertz CT molecular complexity index is 528. The smallest absolute Gasteiger partial charge is 0.325 e. The first-order chi connectivity index (χ1) is 9.77. The van der Waals surface area contributed by atoms with Crippen molar-refractivity contribution in [3.8, 4) is 5.75 Å². The van der Waals surface area contributed by atoms with Crippen molar-refractivity contribution >= 4 is 11.7 Å². The lowest BCUT2D eigenvalue weighted by molar-refractivity contribution is -0.384. The molecule has 7 heteroatoms. The Morgan fingerprint density at radius 3 is 2.71 bits per heavy atom. The number of hydrogen-bond donors (Lipinski definition) is 1. The zero-order valence-electron chi connectivity index (χ0n) is 12.4. The molecule has 1 rings (SSSR count). The maximum atomic E-state index is 11.4. The molecule has 0 radical (unpaired) electrons. The molecule has 1 aromatic carbocycles. The number of carbonyl (C=O) groups is 1. The summed E-state index contributed by atoms with van der Waals surface area (Å²) >= 11 is 0. The number of benzene rings is 1. The fraction of sp³-hybridized carbons (Fsp3) is 0.500. The van der Waals surface area contributed by atoms with Gasteiger partial charge in [-0.25, -0.2) is 0 Å². The van der Waals surface area contributed by atoms with Crippen molar-refractivity contribution in [1.29, 1.82) is 0 Å². The minimum atomic E-state index is -1.06. The van der Waals surface area contributed by atoms with Crippen molar-refractivity contribution in [3.63, 3.8) is 0 Å². The van der Waals surface area contributed by atoms with E-state index in [0.29, 0.717) is 25.2 Å². The highest BCUT2D eigenvalue weighted by molar-refractivity contribution is 5.79. The molecule has 116 valence electrons. The molecule has 1 atom stereocenters. The second kappa shape index (κ2) is 7.03. The number of non-ortho nitro benzene ring substituents is 1. The molecule has 2 N–H and O–H groups in total. The van der Waals surface area contributed by atoms with E-state index < -0.39 is 16.4 Å². The Morgan fingerprint density at radius 2 is 2.14 bits per heavy atom. The summed E-state index contributed by atoms with van der Waals surface area (Å²) in [6, 6.07) is 4.45. The molecular weight excluding hydrogens is 276 g/mol. The molecule has 21 heavy (non-hydrogen) atoms. The third-order valence-electron chi connectivity index (χ3n) is 3.13. The molecule has 0 fully saturated rings. The monoisotopic (exact) mass is 296 g/mol. The van der Waals surface area contributed by atoms with Crippen LogP contribution in [0, 0.1) is 17.0 Å². The van der Waals surface area contributed by atoms with Gasteiger partial charge in [0, 0.05) is 6.07 Å². The average molecular weight is 296 g/mol. The van der Waals surface area contributed by atoms with Crippen molar-refractivity contribution in [2.45, 2.75) is 32.2 Å². The van der Waals surface area contributed by atoms with Gasteiger partial charge in [-0.15, -0.1) is 0 Å². The Morgan fingerprint density at radius 1 is 1.48 bits per heavy atom. The first-order valence-corrected chi connectivity index (χ1v) is 6.53. The van der Waals surface area contributed by atoms with Crippen LogP contribution in [0.1, 0.15) is 25.3 Å². The van der Waals surface area contributed by atoms with Crippen LogP contribution in [0.25, 0.3) is 0 Å². The summed E-state index contributed by atoms with van der Waals surface area (Å²) in [5.41, 5.74) is 5.55. The molecule has 7 nitrogen and oxygen atoms in total. The molecular formula is C14H20N2O5. The van der Waals surface area contributed by atoms with E-state index in [1.165, 1.54) is 19.2 Å². The number of nitro groups is 1. The highest BCUT2D eigenvalue weighted by Gasteiger charge is 2.28. The summed E-state index contributed by atoms with van der Waals surface area (Å²) in [5, 5.41) is 10.7. The number of hydrogen-bond acceptors (Lipinski definition) is 6. The first kappa shape index (κ1) is 16.9. The van der Waals surface area contributed by atoms with E-state index in [2.05, 4.69) is 4.74 Å². The number of carbonyl (C=O) groups excluding carboxylic acids is 1. The summed E-state index contributed by atoms with van der Waals surface area (Å²) in [6.45, 7) is 3.71. The number of aryl methyl sites for hydroxylation is 1. The Kier molecular flexibility index (Phi) is 5.66. The highest BCUT2D eigenvalue weighted by Crippen LogP contribution is 2.24. The average Bonchev–Trinajstić information content (AvgIpc) is 2.43. The van der Waals surface area contributed by atoms with Gasteiger partial charge >= 0.3 is 5.97 Å². The maximum Gasteiger partial charge on any atom is 0.325 e. The lowest BCUT2D eigenvalue weighted by Crippen LogP contribution is -2.45. The molecule has 0 aromatic heterocycles. The largest absolute Gasteiger partial charge is 0.493 e. The number of rotatable bonds is 7. The lowest BCUT2D eigenvalue weighted by atomic mass is 9.98. The van der Waals surface area contributed by atoms with Gasteiger partial charge in [0.05, 0.1) is 24.7 Å². The van der Waals surface area contributed by atoms with E-state index in [1.807, 2.05) is 0 Å². The van der Waals surface area contributed by atoms with Gasteiger partial charge in [-0.3, -0.25) is 14.9 Å². The van der Waals surface area contributed by atoms with E-state index in [4.69, 9.17) is 10.5 Å². The molecule has 1 aromatic rings. The number of nitrogens with zero attached hydrogens (tertiary/aromatic N) is 1. The van der Waals surface area contributed by atoms with Crippen LogP contribution in [0.4, 0.5) is 5.69 Å². The number of esters is 1. The van der Waals surface area contributed by atoms with Crippen molar-refractivity contribution in [2.24, 2.45) is 5.73 Å². The summed E-state index contributed by atoms with van der Waals surface area (Å²) in [4.78, 5) is 21.7. The van der Waals surface area contributed by atoms with Gasteiger partial charge in [-0.05, 0) is 38.3 Å². The van der Waals surface area contributed by atoms with E-state index in [9.17, 15) is 14.9 Å². The quantitative estimate of drug-likeness (QED) is 0.357. The van der Waals surface area contributed by atoms with Gasteiger partial charge in [-0.1, -0.05) is 0 Å². The fourth-order valence-corrected chi connectivity index (χ4v) is 1.81. The molecule has 0 aliphatic carbocycles. The first-order valence-electron chi connectivity index (χ1n) is 6.53. The van der Waals surface area contributed by atoms with Crippen molar-refractivity contribution < 1.29 is 19.2 Å². The molecule has 0 aliphatic heterocycles. The Hall–Kier alpha value is -2.15.